The average molecular weight is 410 g/mol. The predicted molar refractivity (Wildman–Crippen MR) is 112 cm³/mol. The largest absolute Gasteiger partial charge is 0.493 e. The molecule has 30 heavy (non-hydrogen) atoms. The molecular formula is C23H26N2O5. The Morgan fingerprint density at radius 1 is 1.03 bits per heavy atom. The summed E-state index contributed by atoms with van der Waals surface area (Å²) in [5.74, 6) is 0.408. The second-order valence-electron chi connectivity index (χ2n) is 7.72. The number of hydrogen-bond acceptors (Lipinski definition) is 5. The number of carbonyl (C=O) groups is 3. The van der Waals surface area contributed by atoms with Crippen LogP contribution in [0, 0.1) is 0 Å². The van der Waals surface area contributed by atoms with E-state index < -0.39 is 17.5 Å². The van der Waals surface area contributed by atoms with Crippen LogP contribution in [0.15, 0.2) is 42.5 Å². The molecule has 158 valence electrons. The first kappa shape index (κ1) is 21.4. The third-order valence-electron chi connectivity index (χ3n) is 5.44. The van der Waals surface area contributed by atoms with Crippen LogP contribution in [-0.2, 0) is 10.3 Å². The number of nitrogens with one attached hydrogen (secondary N) is 1. The molecule has 2 aromatic carbocycles. The van der Waals surface area contributed by atoms with E-state index in [4.69, 9.17) is 9.47 Å². The number of ether oxygens (including phenoxy) is 2. The smallest absolute Gasteiger partial charge is 0.325 e. The summed E-state index contributed by atoms with van der Waals surface area (Å²) in [5, 5.41) is 2.73. The highest BCUT2D eigenvalue weighted by molar-refractivity contribution is 6.11. The third kappa shape index (κ3) is 3.75. The lowest BCUT2D eigenvalue weighted by atomic mass is 9.90. The summed E-state index contributed by atoms with van der Waals surface area (Å²) < 4.78 is 10.4. The Labute approximate surface area is 176 Å². The topological polar surface area (TPSA) is 84.9 Å². The zero-order chi connectivity index (χ0) is 22.1. The summed E-state index contributed by atoms with van der Waals surface area (Å²) in [5.41, 5.74) is 0.916. The van der Waals surface area contributed by atoms with Crippen LogP contribution in [0.2, 0.25) is 0 Å². The molecule has 1 heterocycles. The van der Waals surface area contributed by atoms with Gasteiger partial charge in [0, 0.05) is 5.56 Å². The Hall–Kier alpha value is -3.35. The Kier molecular flexibility index (Phi) is 5.82. The molecule has 1 atom stereocenters. The third-order valence-corrected chi connectivity index (χ3v) is 5.44. The molecule has 1 aliphatic heterocycles. The SMILES string of the molecule is COc1ccc(C(=O)CN2C(=O)N[C@@](C)(c3ccc(C(C)C)cc3)C2=O)cc1OC. The number of hydrogen-bond donors (Lipinski definition) is 1. The van der Waals surface area contributed by atoms with Crippen molar-refractivity contribution in [3.8, 4) is 11.5 Å². The zero-order valence-electron chi connectivity index (χ0n) is 17.8. The van der Waals surface area contributed by atoms with Gasteiger partial charge in [0.15, 0.2) is 17.3 Å². The number of carbonyl (C=O) groups excluding carboxylic acids is 3. The molecule has 2 aromatic rings. The van der Waals surface area contributed by atoms with Gasteiger partial charge in [-0.1, -0.05) is 38.1 Å². The van der Waals surface area contributed by atoms with Gasteiger partial charge in [0.2, 0.25) is 0 Å². The van der Waals surface area contributed by atoms with Gasteiger partial charge < -0.3 is 14.8 Å². The first-order chi connectivity index (χ1) is 14.2. The normalized spacial score (nSPS) is 18.5. The van der Waals surface area contributed by atoms with E-state index in [-0.39, 0.29) is 12.3 Å². The molecule has 0 bridgehead atoms. The Bertz CT molecular complexity index is 984. The first-order valence-electron chi connectivity index (χ1n) is 9.71. The molecule has 0 unspecified atom stereocenters. The van der Waals surface area contributed by atoms with E-state index in [1.165, 1.54) is 20.3 Å². The minimum atomic E-state index is -1.22. The molecule has 1 saturated heterocycles. The highest BCUT2D eigenvalue weighted by Crippen LogP contribution is 2.31. The summed E-state index contributed by atoms with van der Waals surface area (Å²) in [6.07, 6.45) is 0. The maximum Gasteiger partial charge on any atom is 0.325 e. The second kappa shape index (κ2) is 8.18. The van der Waals surface area contributed by atoms with Crippen molar-refractivity contribution in [2.75, 3.05) is 20.8 Å². The minimum Gasteiger partial charge on any atom is -0.493 e. The van der Waals surface area contributed by atoms with Gasteiger partial charge in [-0.05, 0) is 42.2 Å². The number of amides is 3. The van der Waals surface area contributed by atoms with Crippen molar-refractivity contribution in [2.24, 2.45) is 0 Å². The second-order valence-corrected chi connectivity index (χ2v) is 7.72. The number of urea groups is 1. The van der Waals surface area contributed by atoms with Crippen molar-refractivity contribution >= 4 is 17.7 Å². The fraction of sp³-hybridized carbons (Fsp3) is 0.348. The molecule has 0 radical (unpaired) electrons. The van der Waals surface area contributed by atoms with Crippen molar-refractivity contribution in [3.05, 3.63) is 59.2 Å². The van der Waals surface area contributed by atoms with Gasteiger partial charge in [0.05, 0.1) is 20.8 Å². The highest BCUT2D eigenvalue weighted by Gasteiger charge is 2.49. The van der Waals surface area contributed by atoms with Crippen molar-refractivity contribution < 1.29 is 23.9 Å². The highest BCUT2D eigenvalue weighted by atomic mass is 16.5. The van der Waals surface area contributed by atoms with Crippen LogP contribution in [0.25, 0.3) is 0 Å². The Balaban J connectivity index is 1.81. The van der Waals surface area contributed by atoms with E-state index in [1.54, 1.807) is 19.1 Å². The Morgan fingerprint density at radius 3 is 2.23 bits per heavy atom. The van der Waals surface area contributed by atoms with Crippen molar-refractivity contribution in [1.29, 1.82) is 0 Å². The fourth-order valence-corrected chi connectivity index (χ4v) is 3.48. The minimum absolute atomic E-state index is 0.322. The zero-order valence-corrected chi connectivity index (χ0v) is 17.8. The van der Waals surface area contributed by atoms with Gasteiger partial charge in [-0.2, -0.15) is 0 Å². The van der Waals surface area contributed by atoms with E-state index in [2.05, 4.69) is 19.2 Å². The fourth-order valence-electron chi connectivity index (χ4n) is 3.48. The molecule has 3 amide bonds. The van der Waals surface area contributed by atoms with Gasteiger partial charge in [-0.15, -0.1) is 0 Å². The average Bonchev–Trinajstić information content (AvgIpc) is 2.97. The molecule has 0 aliphatic carbocycles. The molecule has 0 spiro atoms. The number of ketones is 1. The molecule has 0 saturated carbocycles. The molecule has 7 nitrogen and oxygen atoms in total. The first-order valence-corrected chi connectivity index (χ1v) is 9.71. The van der Waals surface area contributed by atoms with Gasteiger partial charge in [0.25, 0.3) is 5.91 Å². The maximum atomic E-state index is 13.1. The maximum absolute atomic E-state index is 13.1. The summed E-state index contributed by atoms with van der Waals surface area (Å²) in [7, 11) is 2.97. The molecule has 1 aliphatic rings. The number of nitrogens with zero attached hydrogens (tertiary/aromatic N) is 1. The van der Waals surface area contributed by atoms with E-state index in [0.29, 0.717) is 28.5 Å². The summed E-state index contributed by atoms with van der Waals surface area (Å²) in [6.45, 7) is 5.46. The van der Waals surface area contributed by atoms with Crippen LogP contribution in [0.4, 0.5) is 4.79 Å². The lowest BCUT2D eigenvalue weighted by Gasteiger charge is -2.22. The molecular weight excluding hydrogens is 384 g/mol. The van der Waals surface area contributed by atoms with E-state index in [1.807, 2.05) is 24.3 Å². The van der Waals surface area contributed by atoms with Crippen molar-refractivity contribution in [1.82, 2.24) is 10.2 Å². The molecule has 3 rings (SSSR count). The standard InChI is InChI=1S/C23H26N2O5/c1-14(2)15-6-9-17(10-7-15)23(3)21(27)25(22(28)24-23)13-18(26)16-8-11-19(29-4)20(12-16)30-5/h6-12,14H,13H2,1-5H3,(H,24,28)/t23-/m0/s1. The monoisotopic (exact) mass is 410 g/mol. The van der Waals surface area contributed by atoms with Crippen LogP contribution in [0.3, 0.4) is 0 Å². The van der Waals surface area contributed by atoms with Crippen LogP contribution in [-0.4, -0.2) is 43.4 Å². The predicted octanol–water partition coefficient (Wildman–Crippen LogP) is 3.48. The molecule has 1 N–H and O–H groups in total. The van der Waals surface area contributed by atoms with Crippen molar-refractivity contribution in [3.63, 3.8) is 0 Å². The number of methoxy groups -OCH3 is 2. The number of Topliss-reactive ketones (excluding diaryl/α,β-unsaturated/α-hetero) is 1. The number of benzene rings is 2. The Morgan fingerprint density at radius 2 is 1.67 bits per heavy atom. The number of imide groups is 1. The van der Waals surface area contributed by atoms with Crippen molar-refractivity contribution in [2.45, 2.75) is 32.2 Å². The lowest BCUT2D eigenvalue weighted by Crippen LogP contribution is -2.41. The quantitative estimate of drug-likeness (QED) is 0.558. The van der Waals surface area contributed by atoms with Crippen LogP contribution in [0.1, 0.15) is 48.2 Å². The molecule has 0 aromatic heterocycles. The van der Waals surface area contributed by atoms with E-state index in [0.717, 1.165) is 10.5 Å². The number of rotatable bonds is 7. The summed E-state index contributed by atoms with van der Waals surface area (Å²) in [6, 6.07) is 11.7. The van der Waals surface area contributed by atoms with E-state index in [9.17, 15) is 14.4 Å². The van der Waals surface area contributed by atoms with Gasteiger partial charge in [0.1, 0.15) is 5.54 Å². The summed E-state index contributed by atoms with van der Waals surface area (Å²) in [4.78, 5) is 39.3. The van der Waals surface area contributed by atoms with E-state index >= 15 is 0 Å². The molecule has 7 heteroatoms. The lowest BCUT2D eigenvalue weighted by molar-refractivity contribution is -0.130. The van der Waals surface area contributed by atoms with Crippen LogP contribution < -0.4 is 14.8 Å². The molecule has 1 fully saturated rings. The van der Waals surface area contributed by atoms with Gasteiger partial charge >= 0.3 is 6.03 Å². The van der Waals surface area contributed by atoms with Crippen LogP contribution >= 0.6 is 0 Å². The van der Waals surface area contributed by atoms with Crippen LogP contribution in [0.5, 0.6) is 11.5 Å². The summed E-state index contributed by atoms with van der Waals surface area (Å²) >= 11 is 0. The van der Waals surface area contributed by atoms with Gasteiger partial charge in [-0.3, -0.25) is 14.5 Å². The van der Waals surface area contributed by atoms with Gasteiger partial charge in [-0.25, -0.2) is 4.79 Å².